The molecule has 1 saturated heterocycles. The van der Waals surface area contributed by atoms with Crippen LogP contribution in [0.5, 0.6) is 5.75 Å². The van der Waals surface area contributed by atoms with Gasteiger partial charge in [-0.25, -0.2) is 0 Å². The minimum absolute atomic E-state index is 0.108. The molecule has 0 saturated carbocycles. The van der Waals surface area contributed by atoms with Crippen molar-refractivity contribution in [2.45, 2.75) is 57.7 Å². The highest BCUT2D eigenvalue weighted by atomic mass is 16.6. The number of aliphatic hydroxyl groups is 1. The Kier molecular flexibility index (Phi) is 5.96. The van der Waals surface area contributed by atoms with Gasteiger partial charge in [0, 0.05) is 24.7 Å². The molecule has 23 heavy (non-hydrogen) atoms. The monoisotopic (exact) mass is 322 g/mol. The Morgan fingerprint density at radius 3 is 2.61 bits per heavy atom. The molecular formula is C17H26N2O4. The predicted molar refractivity (Wildman–Crippen MR) is 88.7 cm³/mol. The van der Waals surface area contributed by atoms with Gasteiger partial charge in [0.25, 0.3) is 0 Å². The molecule has 1 N–H and O–H groups in total. The van der Waals surface area contributed by atoms with Gasteiger partial charge in [-0.3, -0.25) is 15.0 Å². The van der Waals surface area contributed by atoms with Crippen LogP contribution >= 0.6 is 0 Å². The summed E-state index contributed by atoms with van der Waals surface area (Å²) in [7, 11) is 1.40. The summed E-state index contributed by atoms with van der Waals surface area (Å²) in [5.74, 6) is 0.212. The molecule has 6 heteroatoms. The number of nitro benzene ring substituents is 1. The summed E-state index contributed by atoms with van der Waals surface area (Å²) in [5.41, 5.74) is 0.457. The maximum Gasteiger partial charge on any atom is 0.311 e. The van der Waals surface area contributed by atoms with Crippen LogP contribution in [0.1, 0.15) is 51.2 Å². The molecular weight excluding hydrogens is 296 g/mol. The van der Waals surface area contributed by atoms with Gasteiger partial charge in [-0.1, -0.05) is 12.5 Å². The molecule has 2 rings (SSSR count). The molecule has 1 fully saturated rings. The Morgan fingerprint density at radius 1 is 1.39 bits per heavy atom. The van der Waals surface area contributed by atoms with Gasteiger partial charge in [-0.05, 0) is 44.7 Å². The topological polar surface area (TPSA) is 75.8 Å². The van der Waals surface area contributed by atoms with Gasteiger partial charge in [0.2, 0.25) is 0 Å². The highest BCUT2D eigenvalue weighted by Crippen LogP contribution is 2.31. The first-order valence-electron chi connectivity index (χ1n) is 8.20. The summed E-state index contributed by atoms with van der Waals surface area (Å²) >= 11 is 0. The van der Waals surface area contributed by atoms with E-state index in [4.69, 9.17) is 4.74 Å². The minimum atomic E-state index is -0.707. The van der Waals surface area contributed by atoms with E-state index in [1.54, 1.807) is 12.1 Å². The molecule has 128 valence electrons. The van der Waals surface area contributed by atoms with Gasteiger partial charge in [-0.2, -0.15) is 0 Å². The molecule has 1 aromatic rings. The van der Waals surface area contributed by atoms with Crippen LogP contribution in [0.25, 0.3) is 0 Å². The average Bonchev–Trinajstić information content (AvgIpc) is 2.53. The van der Waals surface area contributed by atoms with Crippen molar-refractivity contribution in [2.75, 3.05) is 13.7 Å². The van der Waals surface area contributed by atoms with E-state index in [0.717, 1.165) is 6.54 Å². The Labute approximate surface area is 137 Å². The predicted octanol–water partition coefficient (Wildman–Crippen LogP) is 3.29. The van der Waals surface area contributed by atoms with Crippen LogP contribution in [-0.2, 0) is 0 Å². The molecule has 0 radical (unpaired) electrons. The van der Waals surface area contributed by atoms with Crippen molar-refractivity contribution in [1.29, 1.82) is 0 Å². The maximum atomic E-state index is 11.1. The van der Waals surface area contributed by atoms with E-state index in [1.807, 2.05) is 0 Å². The second-order valence-corrected chi connectivity index (χ2v) is 6.36. The minimum Gasteiger partial charge on any atom is -0.490 e. The zero-order valence-corrected chi connectivity index (χ0v) is 14.1. The van der Waals surface area contributed by atoms with Gasteiger partial charge in [0.05, 0.1) is 18.1 Å². The van der Waals surface area contributed by atoms with Crippen LogP contribution in [0.2, 0.25) is 0 Å². The summed E-state index contributed by atoms with van der Waals surface area (Å²) in [6, 6.07) is 5.70. The lowest BCUT2D eigenvalue weighted by molar-refractivity contribution is -0.385. The van der Waals surface area contributed by atoms with Gasteiger partial charge in [0.15, 0.2) is 5.75 Å². The Bertz CT molecular complexity index is 539. The molecule has 3 atom stereocenters. The standard InChI is InChI=1S/C17H26N2O4/c1-12-5-4-6-13(2)18(12)10-9-16(20)14-7-8-17(23-3)15(11-14)19(21)22/h7-8,11-13,16,20H,4-6,9-10H2,1-3H3. The van der Waals surface area contributed by atoms with Crippen molar-refractivity contribution in [3.05, 3.63) is 33.9 Å². The fourth-order valence-electron chi connectivity index (χ4n) is 3.41. The normalized spacial score (nSPS) is 23.5. The van der Waals surface area contributed by atoms with E-state index >= 15 is 0 Å². The summed E-state index contributed by atoms with van der Waals surface area (Å²) in [4.78, 5) is 13.0. The van der Waals surface area contributed by atoms with Crippen molar-refractivity contribution in [1.82, 2.24) is 4.90 Å². The number of nitrogens with zero attached hydrogens (tertiary/aromatic N) is 2. The third kappa shape index (κ3) is 4.20. The van der Waals surface area contributed by atoms with Crippen molar-refractivity contribution in [3.63, 3.8) is 0 Å². The van der Waals surface area contributed by atoms with Crippen molar-refractivity contribution < 1.29 is 14.8 Å². The van der Waals surface area contributed by atoms with Crippen LogP contribution in [-0.4, -0.2) is 40.7 Å². The summed E-state index contributed by atoms with van der Waals surface area (Å²) in [6.45, 7) is 5.24. The number of methoxy groups -OCH3 is 1. The Balaban J connectivity index is 2.04. The number of aliphatic hydroxyl groups excluding tert-OH is 1. The van der Waals surface area contributed by atoms with Gasteiger partial charge in [-0.15, -0.1) is 0 Å². The van der Waals surface area contributed by atoms with E-state index < -0.39 is 11.0 Å². The molecule has 0 amide bonds. The third-order valence-corrected chi connectivity index (χ3v) is 4.82. The molecule has 1 aliphatic heterocycles. The first-order chi connectivity index (χ1) is 10.9. The smallest absolute Gasteiger partial charge is 0.311 e. The highest BCUT2D eigenvalue weighted by Gasteiger charge is 2.25. The van der Waals surface area contributed by atoms with E-state index in [-0.39, 0.29) is 11.4 Å². The molecule has 0 bridgehead atoms. The lowest BCUT2D eigenvalue weighted by Crippen LogP contribution is -2.44. The van der Waals surface area contributed by atoms with Crippen LogP contribution in [0.3, 0.4) is 0 Å². The molecule has 1 aromatic carbocycles. The fraction of sp³-hybridized carbons (Fsp3) is 0.647. The van der Waals surface area contributed by atoms with Crippen LogP contribution in [0.4, 0.5) is 5.69 Å². The van der Waals surface area contributed by atoms with Crippen molar-refractivity contribution in [2.24, 2.45) is 0 Å². The van der Waals surface area contributed by atoms with E-state index in [0.29, 0.717) is 24.1 Å². The number of benzene rings is 1. The Morgan fingerprint density at radius 2 is 2.04 bits per heavy atom. The van der Waals surface area contributed by atoms with E-state index in [2.05, 4.69) is 18.7 Å². The molecule has 0 aliphatic carbocycles. The second-order valence-electron chi connectivity index (χ2n) is 6.36. The van der Waals surface area contributed by atoms with Crippen LogP contribution in [0.15, 0.2) is 18.2 Å². The Hall–Kier alpha value is -1.66. The lowest BCUT2D eigenvalue weighted by Gasteiger charge is -2.39. The summed E-state index contributed by atoms with van der Waals surface area (Å²) < 4.78 is 4.99. The summed E-state index contributed by atoms with van der Waals surface area (Å²) in [6.07, 6.45) is 3.49. The van der Waals surface area contributed by atoms with Gasteiger partial charge in [0.1, 0.15) is 0 Å². The fourth-order valence-corrected chi connectivity index (χ4v) is 3.41. The van der Waals surface area contributed by atoms with Crippen molar-refractivity contribution >= 4 is 5.69 Å². The number of likely N-dealkylation sites (tertiary alicyclic amines) is 1. The molecule has 1 heterocycles. The highest BCUT2D eigenvalue weighted by molar-refractivity contribution is 5.49. The zero-order chi connectivity index (χ0) is 17.0. The SMILES string of the molecule is COc1ccc(C(O)CCN2C(C)CCCC2C)cc1[N+](=O)[O-]. The molecule has 0 spiro atoms. The maximum absolute atomic E-state index is 11.1. The van der Waals surface area contributed by atoms with Gasteiger partial charge >= 0.3 is 5.69 Å². The zero-order valence-electron chi connectivity index (χ0n) is 14.1. The van der Waals surface area contributed by atoms with E-state index in [1.165, 1.54) is 32.4 Å². The number of piperidine rings is 1. The largest absolute Gasteiger partial charge is 0.490 e. The second kappa shape index (κ2) is 7.75. The van der Waals surface area contributed by atoms with Crippen LogP contribution < -0.4 is 4.74 Å². The quantitative estimate of drug-likeness (QED) is 0.642. The number of nitro groups is 1. The number of rotatable bonds is 6. The van der Waals surface area contributed by atoms with E-state index in [9.17, 15) is 15.2 Å². The average molecular weight is 322 g/mol. The first kappa shape index (κ1) is 17.7. The molecule has 1 aliphatic rings. The van der Waals surface area contributed by atoms with Crippen LogP contribution in [0, 0.1) is 10.1 Å². The van der Waals surface area contributed by atoms with Crippen molar-refractivity contribution in [3.8, 4) is 5.75 Å². The number of hydrogen-bond donors (Lipinski definition) is 1. The molecule has 3 unspecified atom stereocenters. The molecule has 6 nitrogen and oxygen atoms in total. The summed E-state index contributed by atoms with van der Waals surface area (Å²) in [5, 5.41) is 21.5. The number of hydrogen-bond acceptors (Lipinski definition) is 5. The first-order valence-corrected chi connectivity index (χ1v) is 8.20. The number of ether oxygens (including phenoxy) is 1. The third-order valence-electron chi connectivity index (χ3n) is 4.82. The van der Waals surface area contributed by atoms with Gasteiger partial charge < -0.3 is 9.84 Å². The molecule has 0 aromatic heterocycles. The lowest BCUT2D eigenvalue weighted by atomic mass is 9.96.